The molecule has 0 radical (unpaired) electrons. The van der Waals surface area contributed by atoms with Crippen molar-refractivity contribution in [2.45, 2.75) is 64.2 Å². The Morgan fingerprint density at radius 1 is 1.00 bits per heavy atom. The summed E-state index contributed by atoms with van der Waals surface area (Å²) in [6, 6.07) is 10.8. The lowest BCUT2D eigenvalue weighted by Gasteiger charge is -2.27. The average molecular weight is 493 g/mol. The Morgan fingerprint density at radius 3 is 2.31 bits per heavy atom. The number of alkyl halides is 1. The van der Waals surface area contributed by atoms with Crippen molar-refractivity contribution in [2.75, 3.05) is 13.3 Å². The summed E-state index contributed by atoms with van der Waals surface area (Å²) in [6.45, 7) is 1.07. The van der Waals surface area contributed by atoms with E-state index in [0.717, 1.165) is 31.2 Å². The number of carbonyl (C=O) groups is 1. The van der Waals surface area contributed by atoms with Crippen LogP contribution in [0.5, 0.6) is 11.5 Å². The second kappa shape index (κ2) is 13.3. The van der Waals surface area contributed by atoms with Crippen LogP contribution in [-0.4, -0.2) is 19.3 Å². The number of carbonyl (C=O) groups excluding carboxylic acids is 1. The van der Waals surface area contributed by atoms with Crippen LogP contribution in [0.25, 0.3) is 0 Å². The van der Waals surface area contributed by atoms with Gasteiger partial charge in [-0.15, -0.1) is 0 Å². The molecule has 1 saturated carbocycles. The lowest BCUT2D eigenvalue weighted by atomic mass is 9.78. The number of unbranched alkanes of at least 4 members (excludes halogenated alkanes) is 1. The number of esters is 1. The third-order valence-electron chi connectivity index (χ3n) is 6.36. The van der Waals surface area contributed by atoms with Gasteiger partial charge in [0.15, 0.2) is 11.5 Å². The summed E-state index contributed by atoms with van der Waals surface area (Å²) in [6.07, 6.45) is 6.81. The zero-order valence-corrected chi connectivity index (χ0v) is 20.0. The summed E-state index contributed by atoms with van der Waals surface area (Å²) < 4.78 is 63.7. The molecule has 2 aromatic rings. The van der Waals surface area contributed by atoms with Crippen molar-refractivity contribution in [3.05, 3.63) is 71.1 Å². The Labute approximate surface area is 204 Å². The highest BCUT2D eigenvalue weighted by atomic mass is 19.2. The van der Waals surface area contributed by atoms with Gasteiger partial charge in [-0.2, -0.15) is 8.78 Å². The largest absolute Gasteiger partial charge is 0.490 e. The topological polar surface area (TPSA) is 35.5 Å². The maximum Gasteiger partial charge on any atom is 0.314 e. The fraction of sp³-hybridized carbons (Fsp3) is 0.464. The number of hydrogen-bond donors (Lipinski definition) is 0. The molecule has 1 fully saturated rings. The number of halogens is 4. The van der Waals surface area contributed by atoms with Gasteiger partial charge in [-0.3, -0.25) is 4.79 Å². The molecule has 7 heteroatoms. The van der Waals surface area contributed by atoms with Gasteiger partial charge in [0, 0.05) is 0 Å². The molecular weight excluding hydrogens is 460 g/mol. The van der Waals surface area contributed by atoms with E-state index < -0.39 is 35.9 Å². The lowest BCUT2D eigenvalue weighted by molar-refractivity contribution is -0.140. The van der Waals surface area contributed by atoms with Crippen LogP contribution < -0.4 is 9.47 Å². The maximum atomic E-state index is 14.3. The second-order valence-corrected chi connectivity index (χ2v) is 8.93. The van der Waals surface area contributed by atoms with E-state index in [4.69, 9.17) is 9.47 Å². The van der Waals surface area contributed by atoms with E-state index in [0.29, 0.717) is 31.6 Å². The molecule has 0 saturated heterocycles. The lowest BCUT2D eigenvalue weighted by Crippen LogP contribution is -2.25. The predicted octanol–water partition coefficient (Wildman–Crippen LogP) is 7.78. The first-order valence-corrected chi connectivity index (χ1v) is 12.2. The zero-order chi connectivity index (χ0) is 25.2. The third-order valence-corrected chi connectivity index (χ3v) is 6.36. The van der Waals surface area contributed by atoms with E-state index in [1.807, 2.05) is 6.92 Å². The molecule has 0 atom stereocenters. The third kappa shape index (κ3) is 7.58. The number of hydrogen-bond acceptors (Lipinski definition) is 3. The van der Waals surface area contributed by atoms with E-state index in [1.165, 1.54) is 23.8 Å². The Balaban J connectivity index is 1.48. The van der Waals surface area contributed by atoms with Gasteiger partial charge >= 0.3 is 5.97 Å². The molecule has 0 amide bonds. The summed E-state index contributed by atoms with van der Waals surface area (Å²) >= 11 is 0. The van der Waals surface area contributed by atoms with Crippen molar-refractivity contribution >= 4 is 5.97 Å². The molecule has 0 N–H and O–H groups in total. The number of benzene rings is 2. The molecule has 0 unspecified atom stereocenters. The molecule has 0 aliphatic heterocycles. The molecular formula is C28H32F4O3. The van der Waals surface area contributed by atoms with Crippen LogP contribution in [0.4, 0.5) is 17.6 Å². The summed E-state index contributed by atoms with van der Waals surface area (Å²) in [7, 11) is 0. The number of allylic oxidation sites excluding steroid dienone is 2. The number of aryl methyl sites for hydroxylation is 1. The molecule has 35 heavy (non-hydrogen) atoms. The highest BCUT2D eigenvalue weighted by molar-refractivity contribution is 5.75. The summed E-state index contributed by atoms with van der Waals surface area (Å²) in [5.74, 6) is -4.29. The second-order valence-electron chi connectivity index (χ2n) is 8.93. The highest BCUT2D eigenvalue weighted by Gasteiger charge is 2.29. The fourth-order valence-electron chi connectivity index (χ4n) is 4.35. The standard InChI is InChI=1S/C28H32F4O3/c1-2-17-34-24-15-16-25(27(32)26(24)31)35-28(33)22-13-11-21(12-14-22)20-9-7-19(8-10-20)5-3-4-6-23(30)18-29/h6-10,15-16,21-22H,2-5,11-14,17-18H2,1H3/b23-6-. The first kappa shape index (κ1) is 26.8. The fourth-order valence-corrected chi connectivity index (χ4v) is 4.35. The molecule has 0 bridgehead atoms. The molecule has 0 heterocycles. The van der Waals surface area contributed by atoms with Gasteiger partial charge in [0.05, 0.1) is 12.5 Å². The van der Waals surface area contributed by atoms with E-state index in [1.54, 1.807) is 0 Å². The van der Waals surface area contributed by atoms with Crippen molar-refractivity contribution < 1.29 is 31.8 Å². The molecule has 2 aromatic carbocycles. The minimum atomic E-state index is -1.22. The van der Waals surface area contributed by atoms with Crippen LogP contribution in [-0.2, 0) is 11.2 Å². The molecule has 1 aliphatic rings. The van der Waals surface area contributed by atoms with Crippen LogP contribution in [0.1, 0.15) is 68.9 Å². The Morgan fingerprint density at radius 2 is 1.66 bits per heavy atom. The van der Waals surface area contributed by atoms with Crippen molar-refractivity contribution in [1.82, 2.24) is 0 Å². The van der Waals surface area contributed by atoms with Gasteiger partial charge in [-0.05, 0) is 80.5 Å². The molecule has 0 aromatic heterocycles. The van der Waals surface area contributed by atoms with E-state index in [-0.39, 0.29) is 18.3 Å². The SMILES string of the molecule is CCCOc1ccc(OC(=O)C2CCC(c3ccc(CCC/C=C(\F)CF)cc3)CC2)c(F)c1F. The zero-order valence-electron chi connectivity index (χ0n) is 20.0. The van der Waals surface area contributed by atoms with Crippen LogP contribution in [0.2, 0.25) is 0 Å². The summed E-state index contributed by atoms with van der Waals surface area (Å²) in [5, 5.41) is 0. The van der Waals surface area contributed by atoms with Crippen molar-refractivity contribution in [3.63, 3.8) is 0 Å². The van der Waals surface area contributed by atoms with Crippen molar-refractivity contribution in [2.24, 2.45) is 5.92 Å². The van der Waals surface area contributed by atoms with Gasteiger partial charge in [-0.1, -0.05) is 37.3 Å². The van der Waals surface area contributed by atoms with Gasteiger partial charge < -0.3 is 9.47 Å². The van der Waals surface area contributed by atoms with E-state index in [2.05, 4.69) is 24.3 Å². The van der Waals surface area contributed by atoms with Gasteiger partial charge in [0.25, 0.3) is 0 Å². The molecule has 0 spiro atoms. The Kier molecular flexibility index (Phi) is 10.2. The number of ether oxygens (including phenoxy) is 2. The minimum Gasteiger partial charge on any atom is -0.490 e. The van der Waals surface area contributed by atoms with Crippen LogP contribution in [0.15, 0.2) is 48.3 Å². The predicted molar refractivity (Wildman–Crippen MR) is 127 cm³/mol. The highest BCUT2D eigenvalue weighted by Crippen LogP contribution is 2.37. The number of rotatable bonds is 11. The molecule has 3 nitrogen and oxygen atoms in total. The smallest absolute Gasteiger partial charge is 0.314 e. The Hall–Kier alpha value is -2.83. The summed E-state index contributed by atoms with van der Waals surface area (Å²) in [5.41, 5.74) is 2.33. The van der Waals surface area contributed by atoms with Crippen LogP contribution in [0.3, 0.4) is 0 Å². The van der Waals surface area contributed by atoms with Crippen LogP contribution >= 0.6 is 0 Å². The van der Waals surface area contributed by atoms with Crippen LogP contribution in [0, 0.1) is 17.6 Å². The van der Waals surface area contributed by atoms with Crippen molar-refractivity contribution in [1.29, 1.82) is 0 Å². The van der Waals surface area contributed by atoms with Gasteiger partial charge in [0.2, 0.25) is 11.6 Å². The van der Waals surface area contributed by atoms with E-state index in [9.17, 15) is 22.4 Å². The monoisotopic (exact) mass is 492 g/mol. The van der Waals surface area contributed by atoms with E-state index >= 15 is 0 Å². The Bertz CT molecular complexity index is 996. The first-order chi connectivity index (χ1) is 16.9. The minimum absolute atomic E-state index is 0.196. The van der Waals surface area contributed by atoms with Crippen molar-refractivity contribution in [3.8, 4) is 11.5 Å². The molecule has 3 rings (SSSR count). The average Bonchev–Trinajstić information content (AvgIpc) is 2.89. The maximum absolute atomic E-state index is 14.3. The molecule has 1 aliphatic carbocycles. The normalized spacial score (nSPS) is 18.4. The molecule has 190 valence electrons. The van der Waals surface area contributed by atoms with Gasteiger partial charge in [0.1, 0.15) is 12.5 Å². The first-order valence-electron chi connectivity index (χ1n) is 12.2. The summed E-state index contributed by atoms with van der Waals surface area (Å²) in [4.78, 5) is 12.6. The quantitative estimate of drug-likeness (QED) is 0.139. The van der Waals surface area contributed by atoms with Gasteiger partial charge in [-0.25, -0.2) is 8.78 Å².